The SMILES string of the molecule is CCOC(=O)C1=C(C)Nc2nc(SCC)nn2C1c1cccc(OCc2ccc(Cl)cc2)c1. The minimum atomic E-state index is -0.488. The first-order valence-corrected chi connectivity index (χ1v) is 12.1. The van der Waals surface area contributed by atoms with Gasteiger partial charge in [0.15, 0.2) is 0 Å². The quantitative estimate of drug-likeness (QED) is 0.335. The number of ether oxygens (including phenoxy) is 2. The zero-order chi connectivity index (χ0) is 23.4. The van der Waals surface area contributed by atoms with Gasteiger partial charge >= 0.3 is 5.97 Å². The van der Waals surface area contributed by atoms with Gasteiger partial charge in [-0.2, -0.15) is 4.98 Å². The van der Waals surface area contributed by atoms with Crippen LogP contribution >= 0.6 is 23.4 Å². The molecular weight excluding hydrogens is 460 g/mol. The number of aromatic nitrogens is 3. The standard InChI is InChI=1S/C24H25ClN4O3S/c1-4-31-22(30)20-15(3)26-23-27-24(33-5-2)28-29(23)21(20)17-7-6-8-19(13-17)32-14-16-9-11-18(25)12-10-16/h6-13,21H,4-5,14H2,1-3H3,(H,26,27,28). The molecule has 2 aromatic carbocycles. The van der Waals surface area contributed by atoms with Crippen LogP contribution in [0.5, 0.6) is 5.75 Å². The van der Waals surface area contributed by atoms with Crippen LogP contribution in [0.3, 0.4) is 0 Å². The topological polar surface area (TPSA) is 78.3 Å². The van der Waals surface area contributed by atoms with Crippen molar-refractivity contribution in [2.24, 2.45) is 0 Å². The number of benzene rings is 2. The summed E-state index contributed by atoms with van der Waals surface area (Å²) in [7, 11) is 0. The number of rotatable bonds is 8. The molecule has 2 heterocycles. The number of carbonyl (C=O) groups is 1. The molecule has 0 fully saturated rings. The number of hydrogen-bond acceptors (Lipinski definition) is 7. The summed E-state index contributed by atoms with van der Waals surface area (Å²) in [5, 5.41) is 9.21. The summed E-state index contributed by atoms with van der Waals surface area (Å²) in [6.07, 6.45) is 0. The largest absolute Gasteiger partial charge is 0.489 e. The van der Waals surface area contributed by atoms with Crippen molar-refractivity contribution < 1.29 is 14.3 Å². The van der Waals surface area contributed by atoms with Gasteiger partial charge in [0.25, 0.3) is 0 Å². The van der Waals surface area contributed by atoms with Crippen molar-refractivity contribution in [3.05, 3.63) is 76.0 Å². The van der Waals surface area contributed by atoms with Gasteiger partial charge in [0.05, 0.1) is 12.2 Å². The van der Waals surface area contributed by atoms with Crippen molar-refractivity contribution in [1.82, 2.24) is 14.8 Å². The summed E-state index contributed by atoms with van der Waals surface area (Å²) >= 11 is 7.51. The predicted octanol–water partition coefficient (Wildman–Crippen LogP) is 5.47. The fraction of sp³-hybridized carbons (Fsp3) is 0.292. The van der Waals surface area contributed by atoms with E-state index in [1.165, 1.54) is 0 Å². The molecule has 0 bridgehead atoms. The van der Waals surface area contributed by atoms with Crippen LogP contribution in [-0.4, -0.2) is 33.1 Å². The highest BCUT2D eigenvalue weighted by atomic mass is 35.5. The first-order chi connectivity index (χ1) is 16.0. The van der Waals surface area contributed by atoms with E-state index in [0.717, 1.165) is 16.9 Å². The van der Waals surface area contributed by atoms with Crippen LogP contribution in [0.15, 0.2) is 65.0 Å². The van der Waals surface area contributed by atoms with Crippen LogP contribution in [0.2, 0.25) is 5.02 Å². The lowest BCUT2D eigenvalue weighted by molar-refractivity contribution is -0.139. The third-order valence-electron chi connectivity index (χ3n) is 5.09. The third kappa shape index (κ3) is 5.17. The van der Waals surface area contributed by atoms with Crippen LogP contribution in [0.4, 0.5) is 5.95 Å². The Morgan fingerprint density at radius 1 is 1.21 bits per heavy atom. The lowest BCUT2D eigenvalue weighted by Gasteiger charge is -2.28. The molecule has 0 saturated heterocycles. The monoisotopic (exact) mass is 484 g/mol. The Morgan fingerprint density at radius 3 is 2.73 bits per heavy atom. The van der Waals surface area contributed by atoms with Gasteiger partial charge in [0, 0.05) is 10.7 Å². The Kier molecular flexibility index (Phi) is 7.25. The van der Waals surface area contributed by atoms with E-state index in [-0.39, 0.29) is 12.6 Å². The Labute approximate surface area is 202 Å². The van der Waals surface area contributed by atoms with E-state index >= 15 is 0 Å². The van der Waals surface area contributed by atoms with Crippen LogP contribution in [0.1, 0.15) is 37.9 Å². The molecule has 1 aliphatic rings. The Balaban J connectivity index is 1.68. The second-order valence-electron chi connectivity index (χ2n) is 7.37. The van der Waals surface area contributed by atoms with Crippen LogP contribution in [0.25, 0.3) is 0 Å². The second kappa shape index (κ2) is 10.3. The number of thioether (sulfide) groups is 1. The number of hydrogen-bond donors (Lipinski definition) is 1. The molecule has 172 valence electrons. The maximum absolute atomic E-state index is 12.9. The number of allylic oxidation sites excluding steroid dienone is 1. The molecule has 0 spiro atoms. The molecule has 33 heavy (non-hydrogen) atoms. The number of nitrogens with zero attached hydrogens (tertiary/aromatic N) is 3. The fourth-order valence-corrected chi connectivity index (χ4v) is 4.31. The normalized spacial score (nSPS) is 15.1. The van der Waals surface area contributed by atoms with E-state index in [9.17, 15) is 4.79 Å². The van der Waals surface area contributed by atoms with Gasteiger partial charge in [0.2, 0.25) is 11.1 Å². The van der Waals surface area contributed by atoms with Crippen LogP contribution in [-0.2, 0) is 16.1 Å². The van der Waals surface area contributed by atoms with Gasteiger partial charge in [-0.05, 0) is 55.0 Å². The number of fused-ring (bicyclic) bond motifs is 1. The molecule has 7 nitrogen and oxygen atoms in total. The molecule has 1 aromatic heterocycles. The van der Waals surface area contributed by atoms with Crippen molar-refractivity contribution in [3.63, 3.8) is 0 Å². The minimum absolute atomic E-state index is 0.285. The average molecular weight is 485 g/mol. The van der Waals surface area contributed by atoms with Gasteiger partial charge in [-0.3, -0.25) is 0 Å². The van der Waals surface area contributed by atoms with Crippen molar-refractivity contribution in [3.8, 4) is 5.75 Å². The second-order valence-corrected chi connectivity index (χ2v) is 9.04. The molecule has 1 N–H and O–H groups in total. The summed E-state index contributed by atoms with van der Waals surface area (Å²) in [5.74, 6) is 1.74. The lowest BCUT2D eigenvalue weighted by Crippen LogP contribution is -2.29. The van der Waals surface area contributed by atoms with Crippen molar-refractivity contribution in [1.29, 1.82) is 0 Å². The van der Waals surface area contributed by atoms with Gasteiger partial charge in [-0.25, -0.2) is 9.48 Å². The van der Waals surface area contributed by atoms with Crippen molar-refractivity contribution >= 4 is 35.3 Å². The van der Waals surface area contributed by atoms with Crippen molar-refractivity contribution in [2.45, 2.75) is 38.6 Å². The highest BCUT2D eigenvalue weighted by molar-refractivity contribution is 7.99. The summed E-state index contributed by atoms with van der Waals surface area (Å²) < 4.78 is 13.1. The fourth-order valence-electron chi connectivity index (χ4n) is 3.62. The molecule has 1 atom stereocenters. The highest BCUT2D eigenvalue weighted by Gasteiger charge is 2.35. The molecule has 1 unspecified atom stereocenters. The molecule has 0 amide bonds. The number of halogens is 1. The van der Waals surface area contributed by atoms with E-state index in [0.29, 0.717) is 39.8 Å². The summed E-state index contributed by atoms with van der Waals surface area (Å²) in [4.78, 5) is 17.5. The Bertz CT molecular complexity index is 1180. The first kappa shape index (κ1) is 23.2. The van der Waals surface area contributed by atoms with Gasteiger partial charge in [-0.1, -0.05) is 54.6 Å². The van der Waals surface area contributed by atoms with Crippen molar-refractivity contribution in [2.75, 3.05) is 17.7 Å². The lowest BCUT2D eigenvalue weighted by atomic mass is 9.95. The molecule has 0 radical (unpaired) electrons. The number of carbonyl (C=O) groups excluding carboxylic acids is 1. The molecule has 0 saturated carbocycles. The summed E-state index contributed by atoms with van der Waals surface area (Å²) in [5.41, 5.74) is 3.05. The van der Waals surface area contributed by atoms with E-state index in [1.54, 1.807) is 23.4 Å². The number of anilines is 1. The highest BCUT2D eigenvalue weighted by Crippen LogP contribution is 2.37. The Morgan fingerprint density at radius 2 is 2.00 bits per heavy atom. The van der Waals surface area contributed by atoms with E-state index in [1.807, 2.05) is 62.4 Å². The van der Waals surface area contributed by atoms with Gasteiger partial charge in [0.1, 0.15) is 18.4 Å². The van der Waals surface area contributed by atoms with Gasteiger partial charge < -0.3 is 14.8 Å². The molecule has 0 aliphatic carbocycles. The average Bonchev–Trinajstić information content (AvgIpc) is 3.20. The maximum Gasteiger partial charge on any atom is 0.338 e. The van der Waals surface area contributed by atoms with Gasteiger partial charge in [-0.15, -0.1) is 5.10 Å². The zero-order valence-corrected chi connectivity index (χ0v) is 20.2. The third-order valence-corrected chi connectivity index (χ3v) is 6.07. The molecular formula is C24H25ClN4O3S. The van der Waals surface area contributed by atoms with E-state index < -0.39 is 6.04 Å². The van der Waals surface area contributed by atoms with E-state index in [2.05, 4.69) is 15.4 Å². The zero-order valence-electron chi connectivity index (χ0n) is 18.7. The first-order valence-electron chi connectivity index (χ1n) is 10.7. The molecule has 1 aliphatic heterocycles. The Hall–Kier alpha value is -2.97. The number of esters is 1. The number of nitrogens with one attached hydrogen (secondary N) is 1. The molecule has 4 rings (SSSR count). The smallest absolute Gasteiger partial charge is 0.338 e. The molecule has 3 aromatic rings. The molecule has 9 heteroatoms. The summed E-state index contributed by atoms with van der Waals surface area (Å²) in [6.45, 7) is 6.38. The van der Waals surface area contributed by atoms with E-state index in [4.69, 9.17) is 21.1 Å². The minimum Gasteiger partial charge on any atom is -0.489 e. The van der Waals surface area contributed by atoms with Crippen LogP contribution in [0, 0.1) is 0 Å². The van der Waals surface area contributed by atoms with Crippen LogP contribution < -0.4 is 10.1 Å². The maximum atomic E-state index is 12.9. The predicted molar refractivity (Wildman–Crippen MR) is 130 cm³/mol. The summed E-state index contributed by atoms with van der Waals surface area (Å²) in [6, 6.07) is 14.7.